The predicted octanol–water partition coefficient (Wildman–Crippen LogP) is -1.26. The first kappa shape index (κ1) is 11.4. The Morgan fingerprint density at radius 1 is 1.50 bits per heavy atom. The smallest absolute Gasteiger partial charge is 0.332 e. The van der Waals surface area contributed by atoms with Crippen LogP contribution in [0.3, 0.4) is 0 Å². The molecule has 0 aliphatic rings. The maximum atomic E-state index is 10.2. The van der Waals surface area contributed by atoms with Crippen LogP contribution in [0.1, 0.15) is 6.42 Å². The molecule has 0 aromatic heterocycles. The van der Waals surface area contributed by atoms with E-state index in [4.69, 9.17) is 15.3 Å². The first-order valence-corrected chi connectivity index (χ1v) is 3.67. The molecule has 0 fully saturated rings. The number of likely N-dealkylation sites (N-methyl/N-ethyl adjacent to an activating group) is 1. The molecule has 0 aromatic rings. The van der Waals surface area contributed by atoms with Crippen molar-refractivity contribution in [3.05, 3.63) is 0 Å². The molecule has 0 spiro atoms. The van der Waals surface area contributed by atoms with Crippen LogP contribution in [0.2, 0.25) is 0 Å². The highest BCUT2D eigenvalue weighted by molar-refractivity contribution is 5.71. The highest BCUT2D eigenvalue weighted by Crippen LogP contribution is 2.03. The van der Waals surface area contributed by atoms with Gasteiger partial charge in [0.2, 0.25) is 0 Å². The van der Waals surface area contributed by atoms with E-state index in [2.05, 4.69) is 0 Å². The standard InChI is InChI=1S/C7H15NO4/c1-8(2)5(4-9)3-6(10)7(11)12/h5-6,9-10H,3-4H2,1-2H3,(H,11,12). The number of carbonyl (C=O) groups is 1. The number of rotatable bonds is 5. The van der Waals surface area contributed by atoms with Crippen LogP contribution < -0.4 is 0 Å². The summed E-state index contributed by atoms with van der Waals surface area (Å²) in [5.74, 6) is -1.25. The molecule has 0 amide bonds. The third-order valence-electron chi connectivity index (χ3n) is 1.72. The molecule has 0 rings (SSSR count). The quantitative estimate of drug-likeness (QED) is 0.488. The third-order valence-corrected chi connectivity index (χ3v) is 1.72. The fourth-order valence-electron chi connectivity index (χ4n) is 0.807. The minimum atomic E-state index is -1.40. The number of aliphatic carboxylic acids is 1. The van der Waals surface area contributed by atoms with Crippen LogP contribution >= 0.6 is 0 Å². The summed E-state index contributed by atoms with van der Waals surface area (Å²) in [4.78, 5) is 11.9. The lowest BCUT2D eigenvalue weighted by molar-refractivity contribution is -0.147. The van der Waals surface area contributed by atoms with Crippen molar-refractivity contribution in [2.45, 2.75) is 18.6 Å². The van der Waals surface area contributed by atoms with Crippen molar-refractivity contribution in [2.75, 3.05) is 20.7 Å². The van der Waals surface area contributed by atoms with Gasteiger partial charge in [-0.1, -0.05) is 0 Å². The number of hydrogen-bond donors (Lipinski definition) is 3. The molecule has 0 saturated heterocycles. The van der Waals surface area contributed by atoms with Gasteiger partial charge >= 0.3 is 5.97 Å². The van der Waals surface area contributed by atoms with Gasteiger partial charge in [-0.15, -0.1) is 0 Å². The molecule has 12 heavy (non-hydrogen) atoms. The Kier molecular flexibility index (Phi) is 4.80. The molecule has 0 bridgehead atoms. The lowest BCUT2D eigenvalue weighted by Crippen LogP contribution is -2.37. The van der Waals surface area contributed by atoms with E-state index in [1.54, 1.807) is 19.0 Å². The molecule has 0 aromatic carbocycles. The summed E-state index contributed by atoms with van der Waals surface area (Å²) in [5.41, 5.74) is 0. The van der Waals surface area contributed by atoms with Crippen LogP contribution in [0.15, 0.2) is 0 Å². The normalized spacial score (nSPS) is 16.1. The zero-order chi connectivity index (χ0) is 9.72. The Morgan fingerprint density at radius 2 is 2.00 bits per heavy atom. The molecule has 0 saturated carbocycles. The largest absolute Gasteiger partial charge is 0.479 e. The van der Waals surface area contributed by atoms with Crippen LogP contribution in [0, 0.1) is 0 Å². The molecule has 0 radical (unpaired) electrons. The van der Waals surface area contributed by atoms with Gasteiger partial charge in [0.1, 0.15) is 0 Å². The molecule has 72 valence electrons. The molecule has 0 heterocycles. The summed E-state index contributed by atoms with van der Waals surface area (Å²) in [6.07, 6.45) is -1.36. The van der Waals surface area contributed by atoms with E-state index in [-0.39, 0.29) is 19.1 Å². The molecule has 0 aliphatic heterocycles. The lowest BCUT2D eigenvalue weighted by atomic mass is 10.1. The van der Waals surface area contributed by atoms with Crippen molar-refractivity contribution >= 4 is 5.97 Å². The number of nitrogens with zero attached hydrogens (tertiary/aromatic N) is 1. The second-order valence-corrected chi connectivity index (χ2v) is 2.89. The van der Waals surface area contributed by atoms with E-state index in [0.29, 0.717) is 0 Å². The third kappa shape index (κ3) is 3.66. The Bertz CT molecular complexity index is 148. The van der Waals surface area contributed by atoms with Gasteiger partial charge < -0.3 is 20.2 Å². The summed E-state index contributed by atoms with van der Waals surface area (Å²) < 4.78 is 0. The molecular formula is C7H15NO4. The van der Waals surface area contributed by atoms with Gasteiger partial charge in [-0.05, 0) is 14.1 Å². The van der Waals surface area contributed by atoms with Crippen molar-refractivity contribution in [2.24, 2.45) is 0 Å². The summed E-state index contributed by atoms with van der Waals surface area (Å²) in [6.45, 7) is -0.155. The number of aliphatic hydroxyl groups excluding tert-OH is 2. The number of carboxylic acids is 1. The first-order valence-electron chi connectivity index (χ1n) is 3.67. The van der Waals surface area contributed by atoms with Crippen LogP contribution in [-0.2, 0) is 4.79 Å². The summed E-state index contributed by atoms with van der Waals surface area (Å²) in [6, 6.07) is -0.309. The van der Waals surface area contributed by atoms with Gasteiger partial charge in [-0.25, -0.2) is 4.79 Å². The molecule has 5 nitrogen and oxygen atoms in total. The molecule has 2 unspecified atom stereocenters. The molecule has 3 N–H and O–H groups in total. The lowest BCUT2D eigenvalue weighted by Gasteiger charge is -2.22. The van der Waals surface area contributed by atoms with Crippen molar-refractivity contribution in [3.63, 3.8) is 0 Å². The van der Waals surface area contributed by atoms with Crippen molar-refractivity contribution < 1.29 is 20.1 Å². The highest BCUT2D eigenvalue weighted by atomic mass is 16.4. The van der Waals surface area contributed by atoms with Crippen molar-refractivity contribution in [1.29, 1.82) is 0 Å². The van der Waals surface area contributed by atoms with Gasteiger partial charge in [0.25, 0.3) is 0 Å². The minimum absolute atomic E-state index is 0.0405. The Hall–Kier alpha value is -0.650. The monoisotopic (exact) mass is 177 g/mol. The van der Waals surface area contributed by atoms with Gasteiger partial charge in [-0.2, -0.15) is 0 Å². The Labute approximate surface area is 71.2 Å². The summed E-state index contributed by atoms with van der Waals surface area (Å²) in [5, 5.41) is 26.1. The maximum Gasteiger partial charge on any atom is 0.332 e. The van der Waals surface area contributed by atoms with E-state index in [0.717, 1.165) is 0 Å². The minimum Gasteiger partial charge on any atom is -0.479 e. The zero-order valence-corrected chi connectivity index (χ0v) is 7.27. The predicted molar refractivity (Wildman–Crippen MR) is 42.8 cm³/mol. The van der Waals surface area contributed by atoms with E-state index < -0.39 is 12.1 Å². The van der Waals surface area contributed by atoms with E-state index in [1.165, 1.54) is 0 Å². The topological polar surface area (TPSA) is 81.0 Å². The van der Waals surface area contributed by atoms with E-state index >= 15 is 0 Å². The molecular weight excluding hydrogens is 162 g/mol. The average Bonchev–Trinajstić information content (AvgIpc) is 1.98. The second kappa shape index (κ2) is 5.08. The highest BCUT2D eigenvalue weighted by Gasteiger charge is 2.20. The van der Waals surface area contributed by atoms with Crippen molar-refractivity contribution in [3.8, 4) is 0 Å². The Balaban J connectivity index is 3.93. The first-order chi connectivity index (χ1) is 5.49. The SMILES string of the molecule is CN(C)C(CO)CC(O)C(=O)O. The van der Waals surface area contributed by atoms with E-state index in [1.807, 2.05) is 0 Å². The van der Waals surface area contributed by atoms with Crippen LogP contribution in [0.5, 0.6) is 0 Å². The van der Waals surface area contributed by atoms with Gasteiger partial charge in [0.05, 0.1) is 6.61 Å². The molecule has 5 heteroatoms. The molecule has 2 atom stereocenters. The van der Waals surface area contributed by atoms with Crippen LogP contribution in [0.25, 0.3) is 0 Å². The average molecular weight is 177 g/mol. The fraction of sp³-hybridized carbons (Fsp3) is 0.857. The van der Waals surface area contributed by atoms with Crippen LogP contribution in [-0.4, -0.2) is 59.0 Å². The number of carboxylic acid groups (broad SMARTS) is 1. The Morgan fingerprint density at radius 3 is 2.25 bits per heavy atom. The number of hydrogen-bond acceptors (Lipinski definition) is 4. The van der Waals surface area contributed by atoms with Gasteiger partial charge in [-0.3, -0.25) is 0 Å². The summed E-state index contributed by atoms with van der Waals surface area (Å²) >= 11 is 0. The number of aliphatic hydroxyl groups is 2. The van der Waals surface area contributed by atoms with Gasteiger partial charge in [0, 0.05) is 12.5 Å². The fourth-order valence-corrected chi connectivity index (χ4v) is 0.807. The molecule has 0 aliphatic carbocycles. The van der Waals surface area contributed by atoms with Gasteiger partial charge in [0.15, 0.2) is 6.10 Å². The van der Waals surface area contributed by atoms with E-state index in [9.17, 15) is 4.79 Å². The maximum absolute atomic E-state index is 10.2. The van der Waals surface area contributed by atoms with Crippen molar-refractivity contribution in [1.82, 2.24) is 4.90 Å². The zero-order valence-electron chi connectivity index (χ0n) is 7.27. The second-order valence-electron chi connectivity index (χ2n) is 2.89. The summed E-state index contributed by atoms with van der Waals surface area (Å²) in [7, 11) is 3.44. The van der Waals surface area contributed by atoms with Crippen LogP contribution in [0.4, 0.5) is 0 Å².